The lowest BCUT2D eigenvalue weighted by Crippen LogP contribution is -1.89. The van der Waals surface area contributed by atoms with E-state index >= 15 is 0 Å². The zero-order chi connectivity index (χ0) is 11.2. The maximum Gasteiger partial charge on any atom is 0.195 e. The number of alkyl halides is 1. The van der Waals surface area contributed by atoms with Crippen molar-refractivity contribution in [2.75, 3.05) is 5.88 Å². The van der Waals surface area contributed by atoms with Crippen molar-refractivity contribution in [1.29, 1.82) is 0 Å². The number of nitrogens with zero attached hydrogens (tertiary/aromatic N) is 1. The second kappa shape index (κ2) is 5.71. The lowest BCUT2D eigenvalue weighted by molar-refractivity contribution is 0.460. The van der Waals surface area contributed by atoms with Crippen LogP contribution in [-0.2, 0) is 19.3 Å². The molecule has 1 aromatic heterocycles. The largest absolute Gasteiger partial charge is 0.446 e. The predicted octanol–water partition coefficient (Wildman–Crippen LogP) is 3.24. The maximum absolute atomic E-state index is 5.62. The summed E-state index contributed by atoms with van der Waals surface area (Å²) in [6.45, 7) is 0. The fourth-order valence-corrected chi connectivity index (χ4v) is 1.73. The molecule has 0 atom stereocenters. The molecule has 0 saturated carbocycles. The third kappa shape index (κ3) is 3.11. The monoisotopic (exact) mass is 235 g/mol. The summed E-state index contributed by atoms with van der Waals surface area (Å²) in [5.74, 6) is 2.22. The van der Waals surface area contributed by atoms with Crippen LogP contribution in [0.2, 0.25) is 0 Å². The highest BCUT2D eigenvalue weighted by atomic mass is 35.5. The second-order valence-electron chi connectivity index (χ2n) is 3.64. The summed E-state index contributed by atoms with van der Waals surface area (Å²) in [5, 5.41) is 0. The zero-order valence-corrected chi connectivity index (χ0v) is 9.78. The number of oxazole rings is 1. The van der Waals surface area contributed by atoms with Crippen LogP contribution in [0, 0.1) is 0 Å². The number of halogens is 1. The Labute approximate surface area is 100 Å². The van der Waals surface area contributed by atoms with Gasteiger partial charge in [-0.25, -0.2) is 4.98 Å². The maximum atomic E-state index is 5.62. The molecule has 0 aliphatic heterocycles. The number of aryl methyl sites for hydroxylation is 3. The van der Waals surface area contributed by atoms with Gasteiger partial charge in [0, 0.05) is 18.7 Å². The molecule has 2 nitrogen and oxygen atoms in total. The van der Waals surface area contributed by atoms with Gasteiger partial charge < -0.3 is 4.42 Å². The Morgan fingerprint density at radius 2 is 1.88 bits per heavy atom. The molecule has 0 radical (unpaired) electrons. The van der Waals surface area contributed by atoms with E-state index in [1.807, 2.05) is 6.07 Å². The van der Waals surface area contributed by atoms with Crippen LogP contribution in [0.3, 0.4) is 0 Å². The van der Waals surface area contributed by atoms with Crippen LogP contribution in [-0.4, -0.2) is 10.9 Å². The van der Waals surface area contributed by atoms with E-state index in [9.17, 15) is 0 Å². The third-order valence-electron chi connectivity index (χ3n) is 2.41. The molecule has 0 spiro atoms. The summed E-state index contributed by atoms with van der Waals surface area (Å²) < 4.78 is 5.55. The Morgan fingerprint density at radius 3 is 2.62 bits per heavy atom. The SMILES string of the molecule is ClCCc1ncc(CCc2ccccc2)o1. The fourth-order valence-electron chi connectivity index (χ4n) is 1.57. The van der Waals surface area contributed by atoms with Crippen LogP contribution in [0.25, 0.3) is 0 Å². The number of aromatic nitrogens is 1. The standard InChI is InChI=1S/C13H14ClNO/c14-9-8-13-15-10-12(16-13)7-6-11-4-2-1-3-5-11/h1-5,10H,6-9H2. The van der Waals surface area contributed by atoms with E-state index in [1.54, 1.807) is 6.20 Å². The Kier molecular flexibility index (Phi) is 4.00. The van der Waals surface area contributed by atoms with Crippen LogP contribution in [0.1, 0.15) is 17.2 Å². The van der Waals surface area contributed by atoms with Crippen molar-refractivity contribution in [2.24, 2.45) is 0 Å². The van der Waals surface area contributed by atoms with Gasteiger partial charge in [-0.15, -0.1) is 11.6 Å². The van der Waals surface area contributed by atoms with Crippen molar-refractivity contribution < 1.29 is 4.42 Å². The molecule has 3 heteroatoms. The van der Waals surface area contributed by atoms with Gasteiger partial charge in [0.1, 0.15) is 5.76 Å². The summed E-state index contributed by atoms with van der Waals surface area (Å²) in [6.07, 6.45) is 4.37. The smallest absolute Gasteiger partial charge is 0.195 e. The molecule has 0 bridgehead atoms. The molecule has 2 aromatic rings. The first-order chi connectivity index (χ1) is 7.88. The van der Waals surface area contributed by atoms with Gasteiger partial charge >= 0.3 is 0 Å². The summed E-state index contributed by atoms with van der Waals surface area (Å²) >= 11 is 5.62. The molecule has 16 heavy (non-hydrogen) atoms. The summed E-state index contributed by atoms with van der Waals surface area (Å²) in [7, 11) is 0. The minimum Gasteiger partial charge on any atom is -0.446 e. The van der Waals surface area contributed by atoms with Crippen LogP contribution in [0.4, 0.5) is 0 Å². The van der Waals surface area contributed by atoms with Gasteiger partial charge in [-0.2, -0.15) is 0 Å². The molecule has 0 amide bonds. The van der Waals surface area contributed by atoms with Crippen molar-refractivity contribution in [2.45, 2.75) is 19.3 Å². The van der Waals surface area contributed by atoms with E-state index in [0.717, 1.165) is 24.5 Å². The quantitative estimate of drug-likeness (QED) is 0.744. The van der Waals surface area contributed by atoms with Crippen molar-refractivity contribution in [3.05, 3.63) is 53.7 Å². The Hall–Kier alpha value is -1.28. The van der Waals surface area contributed by atoms with E-state index in [0.29, 0.717) is 12.3 Å². The Morgan fingerprint density at radius 1 is 1.06 bits per heavy atom. The van der Waals surface area contributed by atoms with Gasteiger partial charge in [-0.05, 0) is 12.0 Å². The summed E-state index contributed by atoms with van der Waals surface area (Å²) in [6, 6.07) is 10.4. The van der Waals surface area contributed by atoms with E-state index in [2.05, 4.69) is 29.2 Å². The van der Waals surface area contributed by atoms with Crippen LogP contribution < -0.4 is 0 Å². The lowest BCUT2D eigenvalue weighted by atomic mass is 10.1. The van der Waals surface area contributed by atoms with Gasteiger partial charge in [0.15, 0.2) is 5.89 Å². The third-order valence-corrected chi connectivity index (χ3v) is 2.60. The minimum atomic E-state index is 0.554. The van der Waals surface area contributed by atoms with Gasteiger partial charge in [0.05, 0.1) is 6.20 Å². The average molecular weight is 236 g/mol. The molecule has 0 unspecified atom stereocenters. The molecule has 0 aliphatic rings. The highest BCUT2D eigenvalue weighted by molar-refractivity contribution is 6.17. The number of hydrogen-bond donors (Lipinski definition) is 0. The Bertz CT molecular complexity index is 425. The van der Waals surface area contributed by atoms with E-state index in [4.69, 9.17) is 16.0 Å². The molecule has 0 N–H and O–H groups in total. The van der Waals surface area contributed by atoms with Crippen molar-refractivity contribution >= 4 is 11.6 Å². The van der Waals surface area contributed by atoms with Crippen molar-refractivity contribution in [3.63, 3.8) is 0 Å². The zero-order valence-electron chi connectivity index (χ0n) is 9.03. The highest BCUT2D eigenvalue weighted by Gasteiger charge is 2.03. The minimum absolute atomic E-state index is 0.554. The number of benzene rings is 1. The molecule has 2 rings (SSSR count). The van der Waals surface area contributed by atoms with Crippen molar-refractivity contribution in [1.82, 2.24) is 4.98 Å². The predicted molar refractivity (Wildman–Crippen MR) is 64.8 cm³/mol. The van der Waals surface area contributed by atoms with Crippen LogP contribution in [0.15, 0.2) is 40.9 Å². The molecule has 0 fully saturated rings. The average Bonchev–Trinajstić information content (AvgIpc) is 2.76. The van der Waals surface area contributed by atoms with Gasteiger partial charge in [-0.1, -0.05) is 30.3 Å². The molecular formula is C13H14ClNO. The highest BCUT2D eigenvalue weighted by Crippen LogP contribution is 2.09. The number of rotatable bonds is 5. The van der Waals surface area contributed by atoms with Crippen LogP contribution in [0.5, 0.6) is 0 Å². The van der Waals surface area contributed by atoms with E-state index < -0.39 is 0 Å². The second-order valence-corrected chi connectivity index (χ2v) is 4.02. The number of hydrogen-bond acceptors (Lipinski definition) is 2. The Balaban J connectivity index is 1.89. The van der Waals surface area contributed by atoms with Gasteiger partial charge in [-0.3, -0.25) is 0 Å². The van der Waals surface area contributed by atoms with E-state index in [1.165, 1.54) is 5.56 Å². The van der Waals surface area contributed by atoms with Gasteiger partial charge in [0.2, 0.25) is 0 Å². The topological polar surface area (TPSA) is 26.0 Å². The van der Waals surface area contributed by atoms with Gasteiger partial charge in [0.25, 0.3) is 0 Å². The summed E-state index contributed by atoms with van der Waals surface area (Å²) in [5.41, 5.74) is 1.32. The first-order valence-corrected chi connectivity index (χ1v) is 5.95. The van der Waals surface area contributed by atoms with Crippen LogP contribution >= 0.6 is 11.6 Å². The molecule has 1 aromatic carbocycles. The first kappa shape index (κ1) is 11.2. The molecule has 0 saturated heterocycles. The first-order valence-electron chi connectivity index (χ1n) is 5.42. The van der Waals surface area contributed by atoms with Crippen molar-refractivity contribution in [3.8, 4) is 0 Å². The van der Waals surface area contributed by atoms with E-state index in [-0.39, 0.29) is 0 Å². The lowest BCUT2D eigenvalue weighted by Gasteiger charge is -1.97. The molecule has 1 heterocycles. The molecule has 84 valence electrons. The fraction of sp³-hybridized carbons (Fsp3) is 0.308. The summed E-state index contributed by atoms with van der Waals surface area (Å²) in [4.78, 5) is 4.17. The molecule has 0 aliphatic carbocycles. The normalized spacial score (nSPS) is 10.6. The molecular weight excluding hydrogens is 222 g/mol.